The number of hydrogen-bond acceptors (Lipinski definition) is 0. The first-order valence-corrected chi connectivity index (χ1v) is 4.59. The largest absolute Gasteiger partial charge is 0.243 e. The SMILES string of the molecule is C=C/C(Br)=C(\C=C(C)C)C(C)F. The van der Waals surface area contributed by atoms with Crippen molar-refractivity contribution >= 4 is 15.9 Å². The molecule has 0 aliphatic heterocycles. The molecule has 0 spiro atoms. The van der Waals surface area contributed by atoms with Crippen LogP contribution in [0.15, 0.2) is 34.4 Å². The molecule has 0 aromatic rings. The highest BCUT2D eigenvalue weighted by Gasteiger charge is 2.06. The molecule has 0 heterocycles. The van der Waals surface area contributed by atoms with Crippen LogP contribution in [0, 0.1) is 0 Å². The Labute approximate surface area is 82.0 Å². The van der Waals surface area contributed by atoms with E-state index in [1.807, 2.05) is 19.9 Å². The summed E-state index contributed by atoms with van der Waals surface area (Å²) in [6.07, 6.45) is 2.45. The molecule has 0 fully saturated rings. The first-order chi connectivity index (χ1) is 5.49. The second-order valence-corrected chi connectivity index (χ2v) is 3.70. The monoisotopic (exact) mass is 232 g/mol. The van der Waals surface area contributed by atoms with E-state index in [0.717, 1.165) is 10.1 Å². The molecular weight excluding hydrogens is 219 g/mol. The molecule has 0 aliphatic rings. The lowest BCUT2D eigenvalue weighted by atomic mass is 10.1. The Morgan fingerprint density at radius 1 is 1.50 bits per heavy atom. The zero-order chi connectivity index (χ0) is 9.72. The van der Waals surface area contributed by atoms with Crippen LogP contribution in [0.4, 0.5) is 4.39 Å². The number of rotatable bonds is 3. The van der Waals surface area contributed by atoms with Crippen LogP contribution in [0.25, 0.3) is 0 Å². The predicted octanol–water partition coefficient (Wildman–Crippen LogP) is 4.15. The summed E-state index contributed by atoms with van der Waals surface area (Å²) in [7, 11) is 0. The molecule has 0 radical (unpaired) electrons. The van der Waals surface area contributed by atoms with Crippen molar-refractivity contribution < 1.29 is 4.39 Å². The van der Waals surface area contributed by atoms with Gasteiger partial charge in [-0.1, -0.05) is 40.2 Å². The third-order valence-corrected chi connectivity index (χ3v) is 2.11. The van der Waals surface area contributed by atoms with Gasteiger partial charge in [-0.2, -0.15) is 0 Å². The number of allylic oxidation sites excluding steroid dienone is 5. The molecule has 12 heavy (non-hydrogen) atoms. The fourth-order valence-corrected chi connectivity index (χ4v) is 1.23. The second-order valence-electron chi connectivity index (χ2n) is 2.85. The Morgan fingerprint density at radius 3 is 2.25 bits per heavy atom. The summed E-state index contributed by atoms with van der Waals surface area (Å²) < 4.78 is 13.7. The van der Waals surface area contributed by atoms with E-state index in [1.165, 1.54) is 6.92 Å². The van der Waals surface area contributed by atoms with Gasteiger partial charge in [-0.15, -0.1) is 0 Å². The van der Waals surface area contributed by atoms with Gasteiger partial charge in [0.05, 0.1) is 0 Å². The molecule has 68 valence electrons. The zero-order valence-corrected chi connectivity index (χ0v) is 9.28. The van der Waals surface area contributed by atoms with Crippen LogP contribution >= 0.6 is 15.9 Å². The van der Waals surface area contributed by atoms with Crippen LogP contribution in [0.2, 0.25) is 0 Å². The molecule has 0 saturated carbocycles. The van der Waals surface area contributed by atoms with Gasteiger partial charge >= 0.3 is 0 Å². The Morgan fingerprint density at radius 2 is 2.00 bits per heavy atom. The summed E-state index contributed by atoms with van der Waals surface area (Å²) >= 11 is 3.25. The lowest BCUT2D eigenvalue weighted by Crippen LogP contribution is -1.97. The summed E-state index contributed by atoms with van der Waals surface area (Å²) in [6, 6.07) is 0. The van der Waals surface area contributed by atoms with Crippen molar-refractivity contribution in [1.29, 1.82) is 0 Å². The lowest BCUT2D eigenvalue weighted by molar-refractivity contribution is 0.417. The maximum Gasteiger partial charge on any atom is 0.123 e. The van der Waals surface area contributed by atoms with E-state index in [4.69, 9.17) is 0 Å². The third-order valence-electron chi connectivity index (χ3n) is 1.33. The topological polar surface area (TPSA) is 0 Å². The molecule has 0 bridgehead atoms. The minimum absolute atomic E-state index is 0.644. The van der Waals surface area contributed by atoms with Gasteiger partial charge in [-0.05, 0) is 26.3 Å². The van der Waals surface area contributed by atoms with Crippen LogP contribution in [0.5, 0.6) is 0 Å². The van der Waals surface area contributed by atoms with Gasteiger partial charge in [0.2, 0.25) is 0 Å². The average Bonchev–Trinajstić information content (AvgIpc) is 1.98. The average molecular weight is 233 g/mol. The molecule has 0 amide bonds. The molecule has 1 atom stereocenters. The number of alkyl halides is 1. The summed E-state index contributed by atoms with van der Waals surface area (Å²) in [5.41, 5.74) is 1.72. The second kappa shape index (κ2) is 5.31. The highest BCUT2D eigenvalue weighted by Crippen LogP contribution is 2.20. The van der Waals surface area contributed by atoms with Gasteiger partial charge in [0.25, 0.3) is 0 Å². The number of hydrogen-bond donors (Lipinski definition) is 0. The zero-order valence-electron chi connectivity index (χ0n) is 7.70. The van der Waals surface area contributed by atoms with Crippen LogP contribution in [0.3, 0.4) is 0 Å². The van der Waals surface area contributed by atoms with Crippen LogP contribution in [-0.4, -0.2) is 6.17 Å². The van der Waals surface area contributed by atoms with Crippen molar-refractivity contribution in [2.45, 2.75) is 26.9 Å². The quantitative estimate of drug-likeness (QED) is 0.642. The van der Waals surface area contributed by atoms with Crippen LogP contribution < -0.4 is 0 Å². The minimum Gasteiger partial charge on any atom is -0.243 e. The maximum atomic E-state index is 13.0. The molecule has 0 rings (SSSR count). The van der Waals surface area contributed by atoms with Crippen molar-refractivity contribution in [3.05, 3.63) is 34.4 Å². The summed E-state index contributed by atoms with van der Waals surface area (Å²) in [4.78, 5) is 0. The first kappa shape index (κ1) is 11.6. The summed E-state index contributed by atoms with van der Waals surface area (Å²) in [6.45, 7) is 8.96. The smallest absolute Gasteiger partial charge is 0.123 e. The standard InChI is InChI=1S/C10H14BrF/c1-5-10(11)9(8(4)12)6-7(2)3/h5-6,8H,1H2,2-4H3/b10-9-. The van der Waals surface area contributed by atoms with E-state index in [0.29, 0.717) is 5.57 Å². The van der Waals surface area contributed by atoms with E-state index >= 15 is 0 Å². The third kappa shape index (κ3) is 3.86. The lowest BCUT2D eigenvalue weighted by Gasteiger charge is -2.05. The van der Waals surface area contributed by atoms with Crippen molar-refractivity contribution in [2.24, 2.45) is 0 Å². The molecule has 0 aromatic heterocycles. The predicted molar refractivity (Wildman–Crippen MR) is 56.2 cm³/mol. The Hall–Kier alpha value is -0.370. The Bertz CT molecular complexity index is 220. The molecule has 0 aromatic carbocycles. The molecule has 1 unspecified atom stereocenters. The maximum absolute atomic E-state index is 13.0. The van der Waals surface area contributed by atoms with Gasteiger partial charge in [-0.3, -0.25) is 0 Å². The molecule has 2 heteroatoms. The normalized spacial score (nSPS) is 14.8. The van der Waals surface area contributed by atoms with Gasteiger partial charge in [0, 0.05) is 4.48 Å². The summed E-state index contributed by atoms with van der Waals surface area (Å²) in [5.74, 6) is 0. The van der Waals surface area contributed by atoms with E-state index in [1.54, 1.807) is 6.08 Å². The Balaban J connectivity index is 4.92. The van der Waals surface area contributed by atoms with Crippen molar-refractivity contribution in [3.63, 3.8) is 0 Å². The highest BCUT2D eigenvalue weighted by molar-refractivity contribution is 9.11. The van der Waals surface area contributed by atoms with E-state index in [2.05, 4.69) is 22.5 Å². The van der Waals surface area contributed by atoms with Crippen molar-refractivity contribution in [2.75, 3.05) is 0 Å². The van der Waals surface area contributed by atoms with Gasteiger partial charge in [-0.25, -0.2) is 4.39 Å². The Kier molecular flexibility index (Phi) is 5.14. The number of halogens is 2. The van der Waals surface area contributed by atoms with E-state index < -0.39 is 6.17 Å². The molecular formula is C10H14BrF. The molecule has 0 aliphatic carbocycles. The fraction of sp³-hybridized carbons (Fsp3) is 0.400. The van der Waals surface area contributed by atoms with Crippen molar-refractivity contribution in [1.82, 2.24) is 0 Å². The molecule has 0 N–H and O–H groups in total. The van der Waals surface area contributed by atoms with Crippen molar-refractivity contribution in [3.8, 4) is 0 Å². The van der Waals surface area contributed by atoms with E-state index in [-0.39, 0.29) is 0 Å². The first-order valence-electron chi connectivity index (χ1n) is 3.80. The van der Waals surface area contributed by atoms with Gasteiger partial charge in [0.15, 0.2) is 0 Å². The van der Waals surface area contributed by atoms with Gasteiger partial charge in [0.1, 0.15) is 6.17 Å². The van der Waals surface area contributed by atoms with E-state index in [9.17, 15) is 4.39 Å². The highest BCUT2D eigenvalue weighted by atomic mass is 79.9. The molecule has 0 nitrogen and oxygen atoms in total. The minimum atomic E-state index is -0.965. The fourth-order valence-electron chi connectivity index (χ4n) is 0.803. The molecule has 0 saturated heterocycles. The van der Waals surface area contributed by atoms with Crippen LogP contribution in [-0.2, 0) is 0 Å². The van der Waals surface area contributed by atoms with Gasteiger partial charge < -0.3 is 0 Å². The summed E-state index contributed by atoms with van der Waals surface area (Å²) in [5, 5.41) is 0. The van der Waals surface area contributed by atoms with Crippen LogP contribution in [0.1, 0.15) is 20.8 Å².